The zero-order valence-corrected chi connectivity index (χ0v) is 11.3. The van der Waals surface area contributed by atoms with Crippen molar-refractivity contribution in [3.8, 4) is 0 Å². The first-order chi connectivity index (χ1) is 9.19. The van der Waals surface area contributed by atoms with E-state index in [1.54, 1.807) is 0 Å². The fraction of sp³-hybridized carbons (Fsp3) is 0.533. The lowest BCUT2D eigenvalue weighted by Gasteiger charge is -2.27. The average Bonchev–Trinajstić information content (AvgIpc) is 3.27. The second-order valence-corrected chi connectivity index (χ2v) is 5.83. The van der Waals surface area contributed by atoms with E-state index in [-0.39, 0.29) is 5.84 Å². The fourth-order valence-corrected chi connectivity index (χ4v) is 2.57. The van der Waals surface area contributed by atoms with Crippen LogP contribution < -0.4 is 10.6 Å². The predicted molar refractivity (Wildman–Crippen MR) is 76.8 cm³/mol. The van der Waals surface area contributed by atoms with Crippen LogP contribution in [0.2, 0.25) is 0 Å². The molecule has 0 bridgehead atoms. The highest BCUT2D eigenvalue weighted by Crippen LogP contribution is 2.39. The van der Waals surface area contributed by atoms with E-state index >= 15 is 0 Å². The molecule has 0 heterocycles. The maximum atomic E-state index is 8.98. The van der Waals surface area contributed by atoms with Gasteiger partial charge < -0.3 is 15.8 Å². The lowest BCUT2D eigenvalue weighted by Crippen LogP contribution is -2.30. The summed E-state index contributed by atoms with van der Waals surface area (Å²) < 4.78 is 0. The number of aryl methyl sites for hydroxylation is 1. The van der Waals surface area contributed by atoms with Crippen LogP contribution in [0, 0.1) is 12.8 Å². The van der Waals surface area contributed by atoms with Crippen LogP contribution in [0.5, 0.6) is 0 Å². The van der Waals surface area contributed by atoms with E-state index in [1.165, 1.54) is 25.7 Å². The topological polar surface area (TPSA) is 61.8 Å². The van der Waals surface area contributed by atoms with Gasteiger partial charge in [0, 0.05) is 23.8 Å². The zero-order valence-electron chi connectivity index (χ0n) is 11.3. The van der Waals surface area contributed by atoms with Crippen LogP contribution in [0.4, 0.5) is 5.69 Å². The maximum absolute atomic E-state index is 8.98. The van der Waals surface area contributed by atoms with Gasteiger partial charge in [-0.2, -0.15) is 0 Å². The molecule has 1 aromatic rings. The number of amidine groups is 1. The summed E-state index contributed by atoms with van der Waals surface area (Å²) in [7, 11) is 0. The first-order valence-electron chi connectivity index (χ1n) is 7.04. The van der Waals surface area contributed by atoms with E-state index in [4.69, 9.17) is 10.9 Å². The van der Waals surface area contributed by atoms with E-state index in [0.29, 0.717) is 6.04 Å². The number of rotatable bonds is 5. The Bertz CT molecular complexity index is 504. The quantitative estimate of drug-likeness (QED) is 0.369. The van der Waals surface area contributed by atoms with Gasteiger partial charge >= 0.3 is 0 Å². The Kier molecular flexibility index (Phi) is 3.09. The Balaban J connectivity index is 1.96. The van der Waals surface area contributed by atoms with Crippen LogP contribution >= 0.6 is 0 Å². The lowest BCUT2D eigenvalue weighted by molar-refractivity contribution is 0.318. The van der Waals surface area contributed by atoms with Crippen molar-refractivity contribution in [2.24, 2.45) is 16.8 Å². The number of benzene rings is 1. The molecule has 0 atom stereocenters. The van der Waals surface area contributed by atoms with Gasteiger partial charge in [0.15, 0.2) is 5.84 Å². The molecule has 2 aliphatic rings. The van der Waals surface area contributed by atoms with Crippen molar-refractivity contribution in [3.05, 3.63) is 29.3 Å². The molecular formula is C15H21N3O. The van der Waals surface area contributed by atoms with Gasteiger partial charge in [-0.1, -0.05) is 16.8 Å². The van der Waals surface area contributed by atoms with Crippen molar-refractivity contribution in [2.75, 3.05) is 11.4 Å². The molecule has 1 aromatic carbocycles. The molecule has 0 unspecified atom stereocenters. The van der Waals surface area contributed by atoms with Gasteiger partial charge in [-0.3, -0.25) is 0 Å². The van der Waals surface area contributed by atoms with Crippen LogP contribution in [0.1, 0.15) is 36.8 Å². The third-order valence-corrected chi connectivity index (χ3v) is 3.98. The Morgan fingerprint density at radius 1 is 1.37 bits per heavy atom. The van der Waals surface area contributed by atoms with Gasteiger partial charge in [0.25, 0.3) is 0 Å². The molecule has 3 N–H and O–H groups in total. The normalized spacial score (nSPS) is 19.5. The van der Waals surface area contributed by atoms with Gasteiger partial charge in [0.2, 0.25) is 0 Å². The van der Waals surface area contributed by atoms with Crippen LogP contribution in [-0.2, 0) is 0 Å². The van der Waals surface area contributed by atoms with E-state index in [1.807, 2.05) is 13.0 Å². The molecule has 2 fully saturated rings. The Labute approximate surface area is 113 Å². The molecule has 0 radical (unpaired) electrons. The van der Waals surface area contributed by atoms with Gasteiger partial charge in [-0.15, -0.1) is 0 Å². The highest BCUT2D eigenvalue weighted by Gasteiger charge is 2.35. The van der Waals surface area contributed by atoms with Crippen LogP contribution in [0.15, 0.2) is 23.4 Å². The SMILES string of the molecule is Cc1ccc(N(CC2CC2)C2CC2)c(/C(N)=N/O)c1. The average molecular weight is 259 g/mol. The molecule has 102 valence electrons. The summed E-state index contributed by atoms with van der Waals surface area (Å²) in [6, 6.07) is 6.87. The minimum atomic E-state index is 0.208. The molecule has 0 saturated heterocycles. The smallest absolute Gasteiger partial charge is 0.172 e. The zero-order chi connectivity index (χ0) is 13.4. The molecule has 2 saturated carbocycles. The van der Waals surface area contributed by atoms with E-state index in [0.717, 1.165) is 29.3 Å². The molecule has 3 rings (SSSR count). The molecule has 0 aromatic heterocycles. The van der Waals surface area contributed by atoms with Crippen molar-refractivity contribution < 1.29 is 5.21 Å². The molecule has 0 amide bonds. The van der Waals surface area contributed by atoms with Gasteiger partial charge in [0.1, 0.15) is 0 Å². The van der Waals surface area contributed by atoms with Crippen LogP contribution in [0.3, 0.4) is 0 Å². The number of hydrogen-bond donors (Lipinski definition) is 2. The highest BCUT2D eigenvalue weighted by atomic mass is 16.4. The van der Waals surface area contributed by atoms with Gasteiger partial charge in [-0.05, 0) is 50.7 Å². The lowest BCUT2D eigenvalue weighted by atomic mass is 10.1. The van der Waals surface area contributed by atoms with Crippen LogP contribution in [0.25, 0.3) is 0 Å². The first kappa shape index (κ1) is 12.3. The van der Waals surface area contributed by atoms with E-state index in [9.17, 15) is 0 Å². The summed E-state index contributed by atoms with van der Waals surface area (Å²) in [4.78, 5) is 2.46. The highest BCUT2D eigenvalue weighted by molar-refractivity contribution is 6.02. The molecule has 0 spiro atoms. The van der Waals surface area contributed by atoms with E-state index < -0.39 is 0 Å². The third kappa shape index (κ3) is 2.67. The van der Waals surface area contributed by atoms with E-state index in [2.05, 4.69) is 22.2 Å². The third-order valence-electron chi connectivity index (χ3n) is 3.98. The summed E-state index contributed by atoms with van der Waals surface area (Å²) in [5.74, 6) is 1.04. The van der Waals surface area contributed by atoms with Crippen molar-refractivity contribution in [1.82, 2.24) is 0 Å². The molecular weight excluding hydrogens is 238 g/mol. The minimum absolute atomic E-state index is 0.208. The van der Waals surface area contributed by atoms with Crippen molar-refractivity contribution in [1.29, 1.82) is 0 Å². The Morgan fingerprint density at radius 3 is 2.68 bits per heavy atom. The fourth-order valence-electron chi connectivity index (χ4n) is 2.57. The number of oxime groups is 1. The van der Waals surface area contributed by atoms with Crippen molar-refractivity contribution >= 4 is 11.5 Å². The predicted octanol–water partition coefficient (Wildman–Crippen LogP) is 2.47. The number of nitrogens with zero attached hydrogens (tertiary/aromatic N) is 2. The molecule has 4 nitrogen and oxygen atoms in total. The molecule has 2 aliphatic carbocycles. The first-order valence-corrected chi connectivity index (χ1v) is 7.04. The van der Waals surface area contributed by atoms with Gasteiger partial charge in [-0.25, -0.2) is 0 Å². The monoisotopic (exact) mass is 259 g/mol. The number of nitrogens with two attached hydrogens (primary N) is 1. The molecule has 19 heavy (non-hydrogen) atoms. The minimum Gasteiger partial charge on any atom is -0.409 e. The van der Waals surface area contributed by atoms with Crippen molar-refractivity contribution in [2.45, 2.75) is 38.6 Å². The van der Waals surface area contributed by atoms with Crippen molar-refractivity contribution in [3.63, 3.8) is 0 Å². The second kappa shape index (κ2) is 4.76. The van der Waals surface area contributed by atoms with Gasteiger partial charge in [0.05, 0.1) is 0 Å². The second-order valence-electron chi connectivity index (χ2n) is 5.83. The number of hydrogen-bond acceptors (Lipinski definition) is 3. The summed E-state index contributed by atoms with van der Waals surface area (Å²) in [6.45, 7) is 3.14. The standard InChI is InChI=1S/C15H21N3O/c1-10-2-7-14(13(8-10)15(16)17-19)18(12-5-6-12)9-11-3-4-11/h2,7-8,11-12,19H,3-6,9H2,1H3,(H2,16,17). The number of anilines is 1. The largest absolute Gasteiger partial charge is 0.409 e. The Morgan fingerprint density at radius 2 is 2.11 bits per heavy atom. The maximum Gasteiger partial charge on any atom is 0.172 e. The summed E-state index contributed by atoms with van der Waals surface area (Å²) in [5.41, 5.74) is 8.95. The summed E-state index contributed by atoms with van der Waals surface area (Å²) in [6.07, 6.45) is 5.20. The summed E-state index contributed by atoms with van der Waals surface area (Å²) >= 11 is 0. The molecule has 4 heteroatoms. The molecule has 0 aliphatic heterocycles. The van der Waals surface area contributed by atoms with Crippen LogP contribution in [-0.4, -0.2) is 23.6 Å². The summed E-state index contributed by atoms with van der Waals surface area (Å²) in [5, 5.41) is 12.2. The Hall–Kier alpha value is -1.71.